The molecule has 6 nitrogen and oxygen atoms in total. The highest BCUT2D eigenvalue weighted by molar-refractivity contribution is 6.23. The van der Waals surface area contributed by atoms with Gasteiger partial charge in [-0.15, -0.1) is 0 Å². The SMILES string of the molecule is COc1cc(OCCN2CCCC2)cc2c1-c1c(OCCN3CCCC3)cccc1C2=O. The van der Waals surface area contributed by atoms with Crippen LogP contribution in [0.2, 0.25) is 0 Å². The molecule has 0 bridgehead atoms. The largest absolute Gasteiger partial charge is 0.496 e. The Labute approximate surface area is 190 Å². The predicted octanol–water partition coefficient (Wildman–Crippen LogP) is 3.86. The Morgan fingerprint density at radius 1 is 0.781 bits per heavy atom. The molecule has 2 saturated heterocycles. The van der Waals surface area contributed by atoms with Gasteiger partial charge in [-0.05, 0) is 64.0 Å². The normalized spacial score (nSPS) is 18.1. The molecule has 2 aromatic rings. The lowest BCUT2D eigenvalue weighted by Crippen LogP contribution is -2.25. The number of fused-ring (bicyclic) bond motifs is 3. The minimum Gasteiger partial charge on any atom is -0.496 e. The number of hydrogen-bond acceptors (Lipinski definition) is 6. The zero-order valence-electron chi connectivity index (χ0n) is 18.9. The fourth-order valence-electron chi connectivity index (χ4n) is 5.10. The van der Waals surface area contributed by atoms with Crippen LogP contribution in [0.4, 0.5) is 0 Å². The van der Waals surface area contributed by atoms with Crippen LogP contribution in [-0.4, -0.2) is 75.2 Å². The molecule has 0 unspecified atom stereocenters. The topological polar surface area (TPSA) is 51.2 Å². The van der Waals surface area contributed by atoms with Gasteiger partial charge in [-0.1, -0.05) is 12.1 Å². The molecule has 2 heterocycles. The second-order valence-electron chi connectivity index (χ2n) is 8.85. The number of methoxy groups -OCH3 is 1. The van der Waals surface area contributed by atoms with Gasteiger partial charge >= 0.3 is 0 Å². The molecule has 0 spiro atoms. The minimum absolute atomic E-state index is 0.00304. The van der Waals surface area contributed by atoms with Crippen molar-refractivity contribution in [1.29, 1.82) is 0 Å². The lowest BCUT2D eigenvalue weighted by atomic mass is 10.0. The van der Waals surface area contributed by atoms with Crippen molar-refractivity contribution in [2.75, 3.05) is 59.6 Å². The van der Waals surface area contributed by atoms with Gasteiger partial charge in [0.05, 0.1) is 7.11 Å². The van der Waals surface area contributed by atoms with Crippen molar-refractivity contribution >= 4 is 5.78 Å². The first-order valence-electron chi connectivity index (χ1n) is 11.8. The number of ketones is 1. The molecule has 0 atom stereocenters. The average molecular weight is 437 g/mol. The summed E-state index contributed by atoms with van der Waals surface area (Å²) in [6.45, 7) is 7.61. The van der Waals surface area contributed by atoms with Crippen molar-refractivity contribution in [2.45, 2.75) is 25.7 Å². The Morgan fingerprint density at radius 3 is 2.06 bits per heavy atom. The summed E-state index contributed by atoms with van der Waals surface area (Å²) in [5.74, 6) is 2.08. The van der Waals surface area contributed by atoms with Crippen LogP contribution in [0.1, 0.15) is 41.6 Å². The first-order valence-corrected chi connectivity index (χ1v) is 11.8. The summed E-state index contributed by atoms with van der Waals surface area (Å²) in [5.41, 5.74) is 2.96. The Hall–Kier alpha value is -2.57. The van der Waals surface area contributed by atoms with E-state index in [1.54, 1.807) is 7.11 Å². The summed E-state index contributed by atoms with van der Waals surface area (Å²) in [6.07, 6.45) is 5.06. The summed E-state index contributed by atoms with van der Waals surface area (Å²) in [4.78, 5) is 18.1. The third kappa shape index (κ3) is 4.21. The molecule has 0 aromatic heterocycles. The molecule has 0 saturated carbocycles. The number of carbonyl (C=O) groups is 1. The molecule has 5 rings (SSSR count). The van der Waals surface area contributed by atoms with Crippen molar-refractivity contribution in [1.82, 2.24) is 9.80 Å². The minimum atomic E-state index is 0.00304. The van der Waals surface area contributed by atoms with Crippen molar-refractivity contribution in [3.63, 3.8) is 0 Å². The number of nitrogens with zero attached hydrogens (tertiary/aromatic N) is 2. The van der Waals surface area contributed by atoms with E-state index in [9.17, 15) is 4.79 Å². The van der Waals surface area contributed by atoms with E-state index >= 15 is 0 Å². The molecule has 0 N–H and O–H groups in total. The van der Waals surface area contributed by atoms with Gasteiger partial charge in [0.1, 0.15) is 30.5 Å². The van der Waals surface area contributed by atoms with Crippen LogP contribution in [0, 0.1) is 0 Å². The van der Waals surface area contributed by atoms with Crippen molar-refractivity contribution in [3.05, 3.63) is 41.5 Å². The molecule has 0 amide bonds. The van der Waals surface area contributed by atoms with E-state index in [2.05, 4.69) is 9.80 Å². The number of ether oxygens (including phenoxy) is 3. The van der Waals surface area contributed by atoms with Gasteiger partial charge in [0.15, 0.2) is 5.78 Å². The maximum absolute atomic E-state index is 13.2. The maximum atomic E-state index is 13.2. The zero-order valence-corrected chi connectivity index (χ0v) is 18.9. The highest BCUT2D eigenvalue weighted by atomic mass is 16.5. The molecule has 32 heavy (non-hydrogen) atoms. The second kappa shape index (κ2) is 9.51. The van der Waals surface area contributed by atoms with Crippen molar-refractivity contribution in [2.24, 2.45) is 0 Å². The van der Waals surface area contributed by atoms with Crippen LogP contribution in [0.3, 0.4) is 0 Å². The van der Waals surface area contributed by atoms with Crippen LogP contribution < -0.4 is 14.2 Å². The summed E-state index contributed by atoms with van der Waals surface area (Å²) < 4.78 is 17.9. The summed E-state index contributed by atoms with van der Waals surface area (Å²) in [6, 6.07) is 9.47. The molecule has 6 heteroatoms. The van der Waals surface area contributed by atoms with Gasteiger partial charge in [0.2, 0.25) is 0 Å². The monoisotopic (exact) mass is 436 g/mol. The van der Waals surface area contributed by atoms with Gasteiger partial charge in [-0.2, -0.15) is 0 Å². The molecule has 1 aliphatic carbocycles. The molecular formula is C26H32N2O4. The van der Waals surface area contributed by atoms with Crippen LogP contribution in [0.5, 0.6) is 17.2 Å². The maximum Gasteiger partial charge on any atom is 0.194 e. The lowest BCUT2D eigenvalue weighted by Gasteiger charge is -2.18. The van der Waals surface area contributed by atoms with Crippen molar-refractivity contribution in [3.8, 4) is 28.4 Å². The quantitative estimate of drug-likeness (QED) is 0.508. The van der Waals surface area contributed by atoms with E-state index in [4.69, 9.17) is 14.2 Å². The highest BCUT2D eigenvalue weighted by Crippen LogP contribution is 2.48. The van der Waals surface area contributed by atoms with Crippen LogP contribution in [0.15, 0.2) is 30.3 Å². The van der Waals surface area contributed by atoms with E-state index in [0.717, 1.165) is 56.1 Å². The molecule has 170 valence electrons. The molecule has 2 aromatic carbocycles. The van der Waals surface area contributed by atoms with Crippen LogP contribution in [-0.2, 0) is 0 Å². The first kappa shape index (κ1) is 21.3. The van der Waals surface area contributed by atoms with Crippen LogP contribution >= 0.6 is 0 Å². The van der Waals surface area contributed by atoms with E-state index in [-0.39, 0.29) is 5.78 Å². The summed E-state index contributed by atoms with van der Waals surface area (Å²) >= 11 is 0. The number of carbonyl (C=O) groups excluding carboxylic acids is 1. The van der Waals surface area contributed by atoms with Gasteiger partial charge < -0.3 is 14.2 Å². The molecule has 2 fully saturated rings. The standard InChI is InChI=1S/C26H32N2O4/c1-30-23-18-19(31-15-13-27-9-2-3-10-27)17-21-25(23)24-20(26(21)29)7-6-8-22(24)32-16-14-28-11-4-5-12-28/h6-8,17-18H,2-5,9-16H2,1H3. The van der Waals surface area contributed by atoms with Gasteiger partial charge in [0, 0.05) is 41.4 Å². The smallest absolute Gasteiger partial charge is 0.194 e. The van der Waals surface area contributed by atoms with Gasteiger partial charge in [-0.25, -0.2) is 0 Å². The Kier molecular flexibility index (Phi) is 6.32. The second-order valence-corrected chi connectivity index (χ2v) is 8.85. The van der Waals surface area contributed by atoms with E-state index in [1.165, 1.54) is 25.7 Å². The summed E-state index contributed by atoms with van der Waals surface area (Å²) in [5, 5.41) is 0. The first-order chi connectivity index (χ1) is 15.7. The molecule has 2 aliphatic heterocycles. The third-order valence-electron chi connectivity index (χ3n) is 6.80. The zero-order chi connectivity index (χ0) is 21.9. The van der Waals surface area contributed by atoms with E-state index < -0.39 is 0 Å². The Bertz CT molecular complexity index is 978. The van der Waals surface area contributed by atoms with Crippen molar-refractivity contribution < 1.29 is 19.0 Å². The molecule has 3 aliphatic rings. The third-order valence-corrected chi connectivity index (χ3v) is 6.80. The lowest BCUT2D eigenvalue weighted by molar-refractivity contribution is 0.104. The number of hydrogen-bond donors (Lipinski definition) is 0. The summed E-state index contributed by atoms with van der Waals surface area (Å²) in [7, 11) is 1.64. The van der Waals surface area contributed by atoms with E-state index in [0.29, 0.717) is 35.8 Å². The Morgan fingerprint density at radius 2 is 1.41 bits per heavy atom. The number of benzene rings is 2. The molecule has 0 radical (unpaired) electrons. The van der Waals surface area contributed by atoms with Gasteiger partial charge in [0.25, 0.3) is 0 Å². The highest BCUT2D eigenvalue weighted by Gasteiger charge is 2.33. The van der Waals surface area contributed by atoms with Gasteiger partial charge in [-0.3, -0.25) is 14.6 Å². The fraction of sp³-hybridized carbons (Fsp3) is 0.500. The average Bonchev–Trinajstić information content (AvgIpc) is 3.57. The molecular weight excluding hydrogens is 404 g/mol. The Balaban J connectivity index is 1.36. The predicted molar refractivity (Wildman–Crippen MR) is 124 cm³/mol. The number of rotatable bonds is 9. The fourth-order valence-corrected chi connectivity index (χ4v) is 5.10. The van der Waals surface area contributed by atoms with E-state index in [1.807, 2.05) is 30.3 Å². The number of likely N-dealkylation sites (tertiary alicyclic amines) is 2. The van der Waals surface area contributed by atoms with Crippen LogP contribution in [0.25, 0.3) is 11.1 Å².